The van der Waals surface area contributed by atoms with Gasteiger partial charge in [0, 0.05) is 18.2 Å². The van der Waals surface area contributed by atoms with E-state index in [2.05, 4.69) is 21.2 Å². The highest BCUT2D eigenvalue weighted by Gasteiger charge is 2.13. The van der Waals surface area contributed by atoms with E-state index in [1.165, 1.54) is 0 Å². The third kappa shape index (κ3) is 4.01. The lowest BCUT2D eigenvalue weighted by atomic mass is 10.1. The van der Waals surface area contributed by atoms with E-state index in [0.29, 0.717) is 5.82 Å². The van der Waals surface area contributed by atoms with Gasteiger partial charge in [-0.1, -0.05) is 0 Å². The lowest BCUT2D eigenvalue weighted by Gasteiger charge is -2.15. The highest BCUT2D eigenvalue weighted by Crippen LogP contribution is 2.10. The van der Waals surface area contributed by atoms with E-state index in [1.807, 2.05) is 13.8 Å². The average molecular weight is 247 g/mol. The minimum atomic E-state index is -0.0522. The number of aromatic nitrogens is 2. The summed E-state index contributed by atoms with van der Waals surface area (Å²) in [6.45, 7) is 6.50. The number of aromatic amines is 1. The van der Waals surface area contributed by atoms with Gasteiger partial charge in [0.05, 0.1) is 5.56 Å². The fourth-order valence-corrected chi connectivity index (χ4v) is 2.02. The number of unbranched alkanes of at least 4 members (excludes halogenated alkanes) is 2. The number of hydrogen-bond donors (Lipinski definition) is 2. The minimum Gasteiger partial charge on any atom is -0.310 e. The van der Waals surface area contributed by atoms with Crippen LogP contribution in [0, 0.1) is 26.2 Å². The zero-order valence-electron chi connectivity index (χ0n) is 11.3. The number of aryl methyl sites for hydroxylation is 2. The fourth-order valence-electron chi connectivity index (χ4n) is 2.02. The molecule has 0 radical (unpaired) electrons. The highest BCUT2D eigenvalue weighted by atomic mass is 16.1. The summed E-state index contributed by atoms with van der Waals surface area (Å²) in [7, 11) is 0. The monoisotopic (exact) mass is 247 g/mol. The molecule has 4 heteroatoms. The maximum Gasteiger partial charge on any atom is 0.255 e. The summed E-state index contributed by atoms with van der Waals surface area (Å²) in [4.78, 5) is 18.9. The first-order valence-electron chi connectivity index (χ1n) is 6.30. The van der Waals surface area contributed by atoms with E-state index in [1.54, 1.807) is 6.92 Å². The first kappa shape index (κ1) is 14.5. The molecular formula is C14H21N3O. The van der Waals surface area contributed by atoms with Gasteiger partial charge in [-0.25, -0.2) is 4.98 Å². The molecule has 0 fully saturated rings. The Morgan fingerprint density at radius 2 is 2.17 bits per heavy atom. The third-order valence-corrected chi connectivity index (χ3v) is 2.90. The molecule has 0 aromatic carbocycles. The molecule has 0 aliphatic carbocycles. The molecule has 0 amide bonds. The molecule has 2 N–H and O–H groups in total. The summed E-state index contributed by atoms with van der Waals surface area (Å²) < 4.78 is 0. The molecule has 18 heavy (non-hydrogen) atoms. The molecule has 1 heterocycles. The van der Waals surface area contributed by atoms with Crippen molar-refractivity contribution in [3.63, 3.8) is 0 Å². The molecule has 1 unspecified atom stereocenters. The van der Waals surface area contributed by atoms with E-state index in [0.717, 1.165) is 37.1 Å². The van der Waals surface area contributed by atoms with Crippen LogP contribution in [0.5, 0.6) is 0 Å². The molecule has 1 aromatic heterocycles. The second kappa shape index (κ2) is 6.97. The molecule has 1 rings (SSSR count). The Bertz CT molecular complexity index is 485. The molecule has 1 atom stereocenters. The predicted molar refractivity (Wildman–Crippen MR) is 73.4 cm³/mol. The van der Waals surface area contributed by atoms with E-state index in [9.17, 15) is 4.79 Å². The van der Waals surface area contributed by atoms with Crippen LogP contribution in [0.15, 0.2) is 4.79 Å². The van der Waals surface area contributed by atoms with Crippen LogP contribution in [0.2, 0.25) is 0 Å². The van der Waals surface area contributed by atoms with Gasteiger partial charge >= 0.3 is 0 Å². The highest BCUT2D eigenvalue weighted by molar-refractivity contribution is 5.19. The summed E-state index contributed by atoms with van der Waals surface area (Å²) in [5.41, 5.74) is 1.46. The smallest absolute Gasteiger partial charge is 0.255 e. The van der Waals surface area contributed by atoms with Crippen LogP contribution in [0.3, 0.4) is 0 Å². The Morgan fingerprint density at radius 1 is 1.44 bits per heavy atom. The third-order valence-electron chi connectivity index (χ3n) is 2.90. The van der Waals surface area contributed by atoms with Crippen molar-refractivity contribution in [3.05, 3.63) is 27.4 Å². The van der Waals surface area contributed by atoms with Crippen molar-refractivity contribution in [1.29, 1.82) is 0 Å². The SMILES string of the molecule is C#CCCCCNC(C)c1c(C)nc(C)[nH]c1=O. The number of H-pyrrole nitrogens is 1. The van der Waals surface area contributed by atoms with Gasteiger partial charge in [-0.15, -0.1) is 12.3 Å². The van der Waals surface area contributed by atoms with Crippen molar-refractivity contribution in [2.24, 2.45) is 0 Å². The average Bonchev–Trinajstić information content (AvgIpc) is 2.27. The van der Waals surface area contributed by atoms with Crippen LogP contribution in [-0.2, 0) is 0 Å². The van der Waals surface area contributed by atoms with Gasteiger partial charge in [-0.05, 0) is 40.2 Å². The molecule has 0 saturated carbocycles. The van der Waals surface area contributed by atoms with E-state index in [4.69, 9.17) is 6.42 Å². The van der Waals surface area contributed by atoms with Crippen molar-refractivity contribution in [1.82, 2.24) is 15.3 Å². The predicted octanol–water partition coefficient (Wildman–Crippen LogP) is 1.84. The van der Waals surface area contributed by atoms with Gasteiger partial charge in [0.15, 0.2) is 0 Å². The topological polar surface area (TPSA) is 57.8 Å². The van der Waals surface area contributed by atoms with Crippen LogP contribution in [0.4, 0.5) is 0 Å². The van der Waals surface area contributed by atoms with Crippen LogP contribution in [0.25, 0.3) is 0 Å². The standard InChI is InChI=1S/C14H21N3O/c1-5-6-7-8-9-15-10(2)13-11(3)16-12(4)17-14(13)18/h1,10,15H,6-9H2,2-4H3,(H,16,17,18). The van der Waals surface area contributed by atoms with E-state index in [-0.39, 0.29) is 11.6 Å². The fraction of sp³-hybridized carbons (Fsp3) is 0.571. The summed E-state index contributed by atoms with van der Waals surface area (Å²) >= 11 is 0. The van der Waals surface area contributed by atoms with Gasteiger partial charge in [0.1, 0.15) is 5.82 Å². The summed E-state index contributed by atoms with van der Waals surface area (Å²) in [6.07, 6.45) is 8.03. The molecule has 98 valence electrons. The van der Waals surface area contributed by atoms with E-state index < -0.39 is 0 Å². The molecule has 0 aliphatic heterocycles. The molecular weight excluding hydrogens is 226 g/mol. The van der Waals surface area contributed by atoms with Crippen LogP contribution >= 0.6 is 0 Å². The van der Waals surface area contributed by atoms with Gasteiger partial charge in [-0.2, -0.15) is 0 Å². The first-order valence-corrected chi connectivity index (χ1v) is 6.30. The Balaban J connectivity index is 2.60. The number of terminal acetylenes is 1. The Hall–Kier alpha value is -1.60. The van der Waals surface area contributed by atoms with Crippen LogP contribution < -0.4 is 10.9 Å². The normalized spacial score (nSPS) is 12.1. The summed E-state index contributed by atoms with van der Waals surface area (Å²) in [6, 6.07) is 0.00712. The number of nitrogens with one attached hydrogen (secondary N) is 2. The van der Waals surface area contributed by atoms with Crippen molar-refractivity contribution in [3.8, 4) is 12.3 Å². The van der Waals surface area contributed by atoms with Gasteiger partial charge in [-0.3, -0.25) is 4.79 Å². The van der Waals surface area contributed by atoms with Gasteiger partial charge in [0.2, 0.25) is 0 Å². The van der Waals surface area contributed by atoms with Crippen LogP contribution in [-0.4, -0.2) is 16.5 Å². The van der Waals surface area contributed by atoms with Crippen molar-refractivity contribution >= 4 is 0 Å². The summed E-state index contributed by atoms with van der Waals surface area (Å²) in [5, 5.41) is 3.33. The molecule has 4 nitrogen and oxygen atoms in total. The quantitative estimate of drug-likeness (QED) is 0.595. The Labute approximate surface area is 108 Å². The zero-order chi connectivity index (χ0) is 13.5. The van der Waals surface area contributed by atoms with Crippen LogP contribution in [0.1, 0.15) is 49.3 Å². The Morgan fingerprint density at radius 3 is 2.78 bits per heavy atom. The maximum absolute atomic E-state index is 11.9. The largest absolute Gasteiger partial charge is 0.310 e. The number of rotatable bonds is 6. The first-order chi connectivity index (χ1) is 8.56. The second-order valence-electron chi connectivity index (χ2n) is 4.49. The Kier molecular flexibility index (Phi) is 5.60. The van der Waals surface area contributed by atoms with Crippen molar-refractivity contribution < 1.29 is 0 Å². The lowest BCUT2D eigenvalue weighted by molar-refractivity contribution is 0.540. The molecule has 0 spiro atoms. The van der Waals surface area contributed by atoms with Gasteiger partial charge < -0.3 is 10.3 Å². The number of hydrogen-bond acceptors (Lipinski definition) is 3. The molecule has 0 saturated heterocycles. The lowest BCUT2D eigenvalue weighted by Crippen LogP contribution is -2.28. The molecule has 0 bridgehead atoms. The van der Waals surface area contributed by atoms with Gasteiger partial charge in [0.25, 0.3) is 5.56 Å². The maximum atomic E-state index is 11.9. The minimum absolute atomic E-state index is 0.00712. The van der Waals surface area contributed by atoms with E-state index >= 15 is 0 Å². The van der Waals surface area contributed by atoms with Crippen molar-refractivity contribution in [2.75, 3.05) is 6.54 Å². The molecule has 0 aliphatic rings. The second-order valence-corrected chi connectivity index (χ2v) is 4.49. The molecule has 1 aromatic rings. The number of nitrogens with zero attached hydrogens (tertiary/aromatic N) is 1. The zero-order valence-corrected chi connectivity index (χ0v) is 11.3. The van der Waals surface area contributed by atoms with Crippen molar-refractivity contribution in [2.45, 2.75) is 46.1 Å². The summed E-state index contributed by atoms with van der Waals surface area (Å²) in [5.74, 6) is 3.27.